The lowest BCUT2D eigenvalue weighted by Crippen LogP contribution is -2.43. The van der Waals surface area contributed by atoms with Crippen molar-refractivity contribution in [2.75, 3.05) is 19.8 Å². The fraction of sp³-hybridized carbons (Fsp3) is 0.250. The fourth-order valence-corrected chi connectivity index (χ4v) is 4.23. The van der Waals surface area contributed by atoms with E-state index in [1.807, 2.05) is 54.6 Å². The summed E-state index contributed by atoms with van der Waals surface area (Å²) in [7, 11) is 0. The number of carbonyl (C=O) groups excluding carboxylic acids is 2. The number of fused-ring (bicyclic) bond motifs is 1. The summed E-state index contributed by atoms with van der Waals surface area (Å²) in [6.45, 7) is 3.07. The van der Waals surface area contributed by atoms with Crippen molar-refractivity contribution in [2.45, 2.75) is 19.4 Å². The Hall–Kier alpha value is -3.32. The summed E-state index contributed by atoms with van der Waals surface area (Å²) < 4.78 is 16.4. The second-order valence-electron chi connectivity index (χ2n) is 6.99. The Kier molecular flexibility index (Phi) is 6.52. The highest BCUT2D eigenvalue weighted by Crippen LogP contribution is 2.36. The van der Waals surface area contributed by atoms with Gasteiger partial charge in [0.05, 0.1) is 11.5 Å². The third kappa shape index (κ3) is 5.06. The molecule has 7 heteroatoms. The Morgan fingerprint density at radius 3 is 2.58 bits per heavy atom. The van der Waals surface area contributed by atoms with Crippen molar-refractivity contribution in [3.8, 4) is 21.9 Å². The van der Waals surface area contributed by atoms with Crippen LogP contribution in [0.5, 0.6) is 11.5 Å². The fourth-order valence-electron chi connectivity index (χ4n) is 3.33. The van der Waals surface area contributed by atoms with Crippen molar-refractivity contribution in [2.24, 2.45) is 0 Å². The molecule has 160 valence electrons. The normalized spacial score (nSPS) is 13.3. The average molecular weight is 438 g/mol. The molecule has 1 N–H and O–H groups in total. The van der Waals surface area contributed by atoms with Crippen LogP contribution in [0.2, 0.25) is 0 Å². The smallest absolute Gasteiger partial charge is 0.328 e. The van der Waals surface area contributed by atoms with Gasteiger partial charge < -0.3 is 19.5 Å². The van der Waals surface area contributed by atoms with Gasteiger partial charge in [0.2, 0.25) is 0 Å². The first-order chi connectivity index (χ1) is 15.1. The van der Waals surface area contributed by atoms with Crippen LogP contribution < -0.4 is 14.8 Å². The molecular formula is C24H23NO5S. The van der Waals surface area contributed by atoms with E-state index in [0.717, 1.165) is 21.8 Å². The zero-order chi connectivity index (χ0) is 21.6. The van der Waals surface area contributed by atoms with E-state index in [4.69, 9.17) is 14.2 Å². The van der Waals surface area contributed by atoms with E-state index in [-0.39, 0.29) is 12.5 Å². The highest BCUT2D eigenvalue weighted by atomic mass is 32.1. The van der Waals surface area contributed by atoms with Crippen molar-refractivity contribution in [1.29, 1.82) is 0 Å². The summed E-state index contributed by atoms with van der Waals surface area (Å²) in [6.07, 6.45) is 0.367. The molecule has 0 spiro atoms. The number of esters is 1. The van der Waals surface area contributed by atoms with E-state index >= 15 is 0 Å². The molecule has 4 rings (SSSR count). The molecule has 1 unspecified atom stereocenters. The molecule has 0 radical (unpaired) electrons. The van der Waals surface area contributed by atoms with Crippen molar-refractivity contribution >= 4 is 23.2 Å². The second kappa shape index (κ2) is 9.66. The molecule has 1 atom stereocenters. The van der Waals surface area contributed by atoms with Crippen LogP contribution in [0.25, 0.3) is 10.4 Å². The first-order valence-corrected chi connectivity index (χ1v) is 11.0. The summed E-state index contributed by atoms with van der Waals surface area (Å²) in [5, 5.41) is 2.83. The van der Waals surface area contributed by atoms with Gasteiger partial charge in [-0.25, -0.2) is 4.79 Å². The van der Waals surface area contributed by atoms with Gasteiger partial charge in [0, 0.05) is 11.3 Å². The Bertz CT molecular complexity index is 1060. The molecule has 31 heavy (non-hydrogen) atoms. The summed E-state index contributed by atoms with van der Waals surface area (Å²) in [5.74, 6) is 0.683. The van der Waals surface area contributed by atoms with Crippen LogP contribution in [0.3, 0.4) is 0 Å². The lowest BCUT2D eigenvalue weighted by atomic mass is 10.1. The number of thiophene rings is 1. The van der Waals surface area contributed by atoms with Crippen LogP contribution in [0.1, 0.15) is 22.2 Å². The van der Waals surface area contributed by atoms with Gasteiger partial charge in [0.25, 0.3) is 5.91 Å². The summed E-state index contributed by atoms with van der Waals surface area (Å²) in [4.78, 5) is 26.7. The number of ether oxygens (including phenoxy) is 3. The van der Waals surface area contributed by atoms with E-state index in [1.165, 1.54) is 11.3 Å². The molecule has 1 aliphatic heterocycles. The van der Waals surface area contributed by atoms with Gasteiger partial charge in [0.15, 0.2) is 11.5 Å². The van der Waals surface area contributed by atoms with Crippen molar-refractivity contribution in [3.63, 3.8) is 0 Å². The number of amides is 1. The predicted octanol–water partition coefficient (Wildman–Crippen LogP) is 4.09. The minimum atomic E-state index is -0.755. The lowest BCUT2D eigenvalue weighted by Gasteiger charge is -2.18. The highest BCUT2D eigenvalue weighted by molar-refractivity contribution is 7.17. The second-order valence-corrected chi connectivity index (χ2v) is 8.07. The maximum atomic E-state index is 12.9. The van der Waals surface area contributed by atoms with Crippen LogP contribution in [0.4, 0.5) is 0 Å². The molecule has 0 saturated carbocycles. The maximum Gasteiger partial charge on any atom is 0.328 e. The summed E-state index contributed by atoms with van der Waals surface area (Å²) >= 11 is 1.36. The average Bonchev–Trinajstić information content (AvgIpc) is 3.30. The summed E-state index contributed by atoms with van der Waals surface area (Å²) in [6, 6.07) is 18.2. The molecule has 3 aromatic rings. The van der Waals surface area contributed by atoms with Crippen LogP contribution in [-0.4, -0.2) is 37.7 Å². The van der Waals surface area contributed by atoms with E-state index in [2.05, 4.69) is 5.32 Å². The van der Waals surface area contributed by atoms with Gasteiger partial charge in [0.1, 0.15) is 19.3 Å². The monoisotopic (exact) mass is 437 g/mol. The molecule has 1 aliphatic rings. The molecule has 6 nitrogen and oxygen atoms in total. The summed E-state index contributed by atoms with van der Waals surface area (Å²) in [5.41, 5.74) is 1.89. The highest BCUT2D eigenvalue weighted by Gasteiger charge is 2.24. The number of hydrogen-bond donors (Lipinski definition) is 1. The van der Waals surface area contributed by atoms with Gasteiger partial charge in [-0.1, -0.05) is 30.3 Å². The molecule has 1 amide bonds. The first kappa shape index (κ1) is 20.9. The zero-order valence-corrected chi connectivity index (χ0v) is 17.9. The topological polar surface area (TPSA) is 73.9 Å². The number of benzene rings is 2. The Labute approximate surface area is 184 Å². The Morgan fingerprint density at radius 1 is 1.03 bits per heavy atom. The molecule has 0 saturated heterocycles. The van der Waals surface area contributed by atoms with Crippen LogP contribution in [-0.2, 0) is 16.0 Å². The molecule has 0 fully saturated rings. The minimum absolute atomic E-state index is 0.257. The van der Waals surface area contributed by atoms with Crippen molar-refractivity contribution in [1.82, 2.24) is 5.32 Å². The lowest BCUT2D eigenvalue weighted by molar-refractivity contribution is -0.145. The van der Waals surface area contributed by atoms with Crippen LogP contribution in [0.15, 0.2) is 60.7 Å². The number of rotatable bonds is 7. The number of nitrogens with one attached hydrogen (secondary N) is 1. The third-order valence-electron chi connectivity index (χ3n) is 4.82. The largest absolute Gasteiger partial charge is 0.486 e. The molecule has 2 heterocycles. The molecule has 1 aromatic heterocycles. The Morgan fingerprint density at radius 2 is 1.81 bits per heavy atom. The van der Waals surface area contributed by atoms with Gasteiger partial charge >= 0.3 is 5.97 Å². The number of hydrogen-bond acceptors (Lipinski definition) is 6. The maximum absolute atomic E-state index is 12.9. The van der Waals surface area contributed by atoms with Gasteiger partial charge in [-0.3, -0.25) is 4.79 Å². The molecular weight excluding hydrogens is 414 g/mol. The van der Waals surface area contributed by atoms with E-state index in [1.54, 1.807) is 13.0 Å². The van der Waals surface area contributed by atoms with Crippen LogP contribution >= 0.6 is 11.3 Å². The van der Waals surface area contributed by atoms with Gasteiger partial charge in [-0.15, -0.1) is 11.3 Å². The zero-order valence-electron chi connectivity index (χ0n) is 17.1. The molecule has 0 bridgehead atoms. The van der Waals surface area contributed by atoms with E-state index in [9.17, 15) is 9.59 Å². The first-order valence-electron chi connectivity index (χ1n) is 10.2. The standard InChI is InChI=1S/C24H23NO5S/c1-2-28-24(27)18(14-16-6-4-3-5-7-16)25-23(26)22-11-10-21(31-22)17-8-9-19-20(15-17)30-13-12-29-19/h3-11,15,18H,2,12-14H2,1H3,(H,25,26). The van der Waals surface area contributed by atoms with Crippen molar-refractivity contribution in [3.05, 3.63) is 71.1 Å². The molecule has 2 aromatic carbocycles. The van der Waals surface area contributed by atoms with Crippen LogP contribution in [0, 0.1) is 0 Å². The number of carbonyl (C=O) groups is 2. The van der Waals surface area contributed by atoms with E-state index < -0.39 is 12.0 Å². The predicted molar refractivity (Wildman–Crippen MR) is 119 cm³/mol. The Balaban J connectivity index is 1.49. The van der Waals surface area contributed by atoms with Gasteiger partial charge in [-0.05, 0) is 48.4 Å². The third-order valence-corrected chi connectivity index (χ3v) is 5.95. The van der Waals surface area contributed by atoms with E-state index in [0.29, 0.717) is 30.3 Å². The van der Waals surface area contributed by atoms with Gasteiger partial charge in [-0.2, -0.15) is 0 Å². The SMILES string of the molecule is CCOC(=O)C(Cc1ccccc1)NC(=O)c1ccc(-c2ccc3c(c2)OCCO3)s1. The molecule has 0 aliphatic carbocycles. The quantitative estimate of drug-likeness (QED) is 0.564. The van der Waals surface area contributed by atoms with Crippen molar-refractivity contribution < 1.29 is 23.8 Å². The minimum Gasteiger partial charge on any atom is -0.486 e.